The van der Waals surface area contributed by atoms with E-state index < -0.39 is 0 Å². The molecule has 0 bridgehead atoms. The van der Waals surface area contributed by atoms with Gasteiger partial charge in [-0.05, 0) is 29.5 Å². The van der Waals surface area contributed by atoms with E-state index in [1.807, 2.05) is 0 Å². The number of rotatable bonds is 4. The number of halogens is 1. The average Bonchev–Trinajstić information content (AvgIpc) is 2.18. The second-order valence-corrected chi connectivity index (χ2v) is 4.02. The van der Waals surface area contributed by atoms with Crippen molar-refractivity contribution in [2.24, 2.45) is 0 Å². The van der Waals surface area contributed by atoms with Crippen molar-refractivity contribution in [2.75, 3.05) is 25.1 Å². The summed E-state index contributed by atoms with van der Waals surface area (Å²) in [7, 11) is 1.79. The molecule has 0 aromatic carbocycles. The van der Waals surface area contributed by atoms with Crippen LogP contribution in [0, 0.1) is 3.57 Å². The monoisotopic (exact) mass is 321 g/mol. The minimum atomic E-state index is -0.255. The lowest BCUT2D eigenvalue weighted by Gasteiger charge is -2.17. The van der Waals surface area contributed by atoms with Crippen molar-refractivity contribution in [3.05, 3.63) is 16.1 Å². The van der Waals surface area contributed by atoms with Crippen molar-refractivity contribution in [1.82, 2.24) is 9.97 Å². The maximum atomic E-state index is 11.2. The van der Waals surface area contributed by atoms with Gasteiger partial charge in [0, 0.05) is 13.2 Å². The van der Waals surface area contributed by atoms with Crippen LogP contribution in [0.1, 0.15) is 6.92 Å². The maximum absolute atomic E-state index is 11.2. The first kappa shape index (κ1) is 12.2. The van der Waals surface area contributed by atoms with Crippen LogP contribution in [0.25, 0.3) is 0 Å². The summed E-state index contributed by atoms with van der Waals surface area (Å²) in [5.74, 6) is 0.480. The van der Waals surface area contributed by atoms with Crippen molar-refractivity contribution >= 4 is 34.4 Å². The van der Waals surface area contributed by atoms with Crippen LogP contribution in [0.5, 0.6) is 0 Å². The highest BCUT2D eigenvalue weighted by molar-refractivity contribution is 14.1. The lowest BCUT2D eigenvalue weighted by atomic mass is 10.5. The second kappa shape index (κ2) is 5.84. The van der Waals surface area contributed by atoms with Crippen molar-refractivity contribution in [2.45, 2.75) is 6.92 Å². The Morgan fingerprint density at radius 3 is 3.00 bits per heavy atom. The number of nitrogens with zero attached hydrogens (tertiary/aromatic N) is 3. The molecular weight excluding hydrogens is 309 g/mol. The van der Waals surface area contributed by atoms with Crippen LogP contribution < -0.4 is 4.90 Å². The smallest absolute Gasteiger partial charge is 0.325 e. The van der Waals surface area contributed by atoms with E-state index in [9.17, 15) is 4.79 Å². The van der Waals surface area contributed by atoms with Crippen molar-refractivity contribution in [3.8, 4) is 0 Å². The predicted molar refractivity (Wildman–Crippen MR) is 64.7 cm³/mol. The van der Waals surface area contributed by atoms with E-state index in [0.717, 1.165) is 9.39 Å². The fourth-order valence-electron chi connectivity index (χ4n) is 1.06. The molecule has 0 unspecified atom stereocenters. The quantitative estimate of drug-likeness (QED) is 0.614. The molecule has 0 atom stereocenters. The zero-order chi connectivity index (χ0) is 11.3. The molecule has 82 valence electrons. The van der Waals surface area contributed by atoms with E-state index in [-0.39, 0.29) is 12.5 Å². The number of esters is 1. The maximum Gasteiger partial charge on any atom is 0.325 e. The van der Waals surface area contributed by atoms with Gasteiger partial charge in [0.1, 0.15) is 18.7 Å². The fourth-order valence-corrected chi connectivity index (χ4v) is 1.77. The molecule has 1 aromatic rings. The Balaban J connectivity index is 2.65. The van der Waals surface area contributed by atoms with E-state index in [1.165, 1.54) is 6.33 Å². The Morgan fingerprint density at radius 1 is 1.67 bits per heavy atom. The van der Waals surface area contributed by atoms with Crippen LogP contribution in [0.4, 0.5) is 5.82 Å². The molecule has 0 radical (unpaired) electrons. The highest BCUT2D eigenvalue weighted by Gasteiger charge is 2.11. The summed E-state index contributed by atoms with van der Waals surface area (Å²) in [6, 6.07) is 0. The summed E-state index contributed by atoms with van der Waals surface area (Å²) in [6.45, 7) is 2.38. The van der Waals surface area contributed by atoms with Crippen LogP contribution >= 0.6 is 22.6 Å². The Labute approximate surface area is 102 Å². The predicted octanol–water partition coefficient (Wildman–Crippen LogP) is 1.08. The van der Waals surface area contributed by atoms with Crippen LogP contribution in [0.3, 0.4) is 0 Å². The Bertz CT molecular complexity index is 346. The van der Waals surface area contributed by atoms with Gasteiger partial charge in [-0.25, -0.2) is 9.97 Å². The number of hydrogen-bond donors (Lipinski definition) is 0. The average molecular weight is 321 g/mol. The molecule has 15 heavy (non-hydrogen) atoms. The van der Waals surface area contributed by atoms with Gasteiger partial charge >= 0.3 is 5.97 Å². The topological polar surface area (TPSA) is 55.3 Å². The van der Waals surface area contributed by atoms with E-state index in [1.54, 1.807) is 25.1 Å². The van der Waals surface area contributed by atoms with Crippen molar-refractivity contribution in [3.63, 3.8) is 0 Å². The number of likely N-dealkylation sites (N-methyl/N-ethyl adjacent to an activating group) is 1. The minimum absolute atomic E-state index is 0.195. The summed E-state index contributed by atoms with van der Waals surface area (Å²) in [4.78, 5) is 20.9. The van der Waals surface area contributed by atoms with Gasteiger partial charge in [0.25, 0.3) is 0 Å². The molecule has 1 aromatic heterocycles. The summed E-state index contributed by atoms with van der Waals surface area (Å²) in [6.07, 6.45) is 3.16. The molecule has 0 aliphatic carbocycles. The first-order chi connectivity index (χ1) is 7.15. The molecule has 0 spiro atoms. The third-order valence-corrected chi connectivity index (χ3v) is 2.44. The number of ether oxygens (including phenoxy) is 1. The molecule has 1 rings (SSSR count). The Kier molecular flexibility index (Phi) is 4.73. The molecule has 0 amide bonds. The molecule has 0 fully saturated rings. The number of carbonyl (C=O) groups excluding carboxylic acids is 1. The van der Waals surface area contributed by atoms with Crippen LogP contribution in [-0.2, 0) is 9.53 Å². The van der Waals surface area contributed by atoms with Crippen molar-refractivity contribution < 1.29 is 9.53 Å². The highest BCUT2D eigenvalue weighted by atomic mass is 127. The molecule has 5 nitrogen and oxygen atoms in total. The van der Waals surface area contributed by atoms with E-state index in [0.29, 0.717) is 6.61 Å². The third-order valence-electron chi connectivity index (χ3n) is 1.68. The molecule has 0 aliphatic heterocycles. The number of carbonyl (C=O) groups is 1. The summed E-state index contributed by atoms with van der Waals surface area (Å²) in [5.41, 5.74) is 0. The number of anilines is 1. The van der Waals surface area contributed by atoms with Crippen LogP contribution in [0.2, 0.25) is 0 Å². The molecule has 0 N–H and O–H groups in total. The highest BCUT2D eigenvalue weighted by Crippen LogP contribution is 2.16. The lowest BCUT2D eigenvalue weighted by molar-refractivity contribution is -0.141. The number of hydrogen-bond acceptors (Lipinski definition) is 5. The van der Waals surface area contributed by atoms with Gasteiger partial charge in [-0.3, -0.25) is 4.79 Å². The Hall–Kier alpha value is -0.920. The summed E-state index contributed by atoms with van der Waals surface area (Å²) in [5, 5.41) is 0. The molecule has 0 saturated heterocycles. The first-order valence-electron chi connectivity index (χ1n) is 4.47. The number of aromatic nitrogens is 2. The fraction of sp³-hybridized carbons (Fsp3) is 0.444. The van der Waals surface area contributed by atoms with Crippen molar-refractivity contribution in [1.29, 1.82) is 0 Å². The van der Waals surface area contributed by atoms with E-state index in [2.05, 4.69) is 32.6 Å². The lowest BCUT2D eigenvalue weighted by Crippen LogP contribution is -2.28. The molecule has 0 aliphatic rings. The van der Waals surface area contributed by atoms with Gasteiger partial charge in [0.05, 0.1) is 10.2 Å². The second-order valence-electron chi connectivity index (χ2n) is 2.86. The zero-order valence-corrected chi connectivity index (χ0v) is 10.8. The SMILES string of the molecule is CCOC(=O)CN(C)c1ncncc1I. The standard InChI is InChI=1S/C9H12IN3O2/c1-3-15-8(14)5-13(2)9-7(10)4-11-6-12-9/h4,6H,3,5H2,1-2H3. The largest absolute Gasteiger partial charge is 0.465 e. The Morgan fingerprint density at radius 2 is 2.40 bits per heavy atom. The van der Waals surface area contributed by atoms with Gasteiger partial charge in [-0.2, -0.15) is 0 Å². The summed E-state index contributed by atoms with van der Waals surface area (Å²) >= 11 is 2.12. The molecular formula is C9H12IN3O2. The molecule has 6 heteroatoms. The van der Waals surface area contributed by atoms with E-state index in [4.69, 9.17) is 4.74 Å². The van der Waals surface area contributed by atoms with Crippen LogP contribution in [-0.4, -0.2) is 36.1 Å². The minimum Gasteiger partial charge on any atom is -0.465 e. The van der Waals surface area contributed by atoms with Gasteiger partial charge < -0.3 is 9.64 Å². The zero-order valence-electron chi connectivity index (χ0n) is 8.61. The van der Waals surface area contributed by atoms with Gasteiger partial charge in [0.15, 0.2) is 0 Å². The third kappa shape index (κ3) is 3.61. The van der Waals surface area contributed by atoms with Gasteiger partial charge in [-0.15, -0.1) is 0 Å². The summed E-state index contributed by atoms with van der Waals surface area (Å²) < 4.78 is 5.75. The van der Waals surface area contributed by atoms with Crippen LogP contribution in [0.15, 0.2) is 12.5 Å². The van der Waals surface area contributed by atoms with Gasteiger partial charge in [0.2, 0.25) is 0 Å². The molecule has 1 heterocycles. The van der Waals surface area contributed by atoms with Gasteiger partial charge in [-0.1, -0.05) is 0 Å². The first-order valence-corrected chi connectivity index (χ1v) is 5.55. The van der Waals surface area contributed by atoms with E-state index >= 15 is 0 Å². The normalized spacial score (nSPS) is 9.80. The molecule has 0 saturated carbocycles.